The van der Waals surface area contributed by atoms with E-state index in [1.807, 2.05) is 0 Å². The molecule has 0 heterocycles. The first kappa shape index (κ1) is 20.4. The van der Waals surface area contributed by atoms with E-state index in [1.54, 1.807) is 61.5 Å². The molecule has 0 radical (unpaired) electrons. The molecule has 0 aliphatic carbocycles. The average molecular weight is 418 g/mol. The number of hydrogen-bond donors (Lipinski definition) is 0. The summed E-state index contributed by atoms with van der Waals surface area (Å²) in [6.45, 7) is 1.79. The number of hydrogen-bond acceptors (Lipinski definition) is 2. The summed E-state index contributed by atoms with van der Waals surface area (Å²) >= 11 is 0. The molecule has 0 saturated heterocycles. The second-order valence-electron chi connectivity index (χ2n) is 7.06. The van der Waals surface area contributed by atoms with Crippen LogP contribution in [-0.2, 0) is 0 Å². The molecular formula is C26H17F3O2. The minimum absolute atomic E-state index is 0.0716. The van der Waals surface area contributed by atoms with Gasteiger partial charge in [0, 0.05) is 11.1 Å². The fraction of sp³-hybridized carbons (Fsp3) is 0.0385. The van der Waals surface area contributed by atoms with Gasteiger partial charge in [0.05, 0.1) is 5.56 Å². The number of benzene rings is 4. The standard InChI is InChI=1S/C26H17F3O2/c1-16-7-12-20(22(27)15-16)18-8-10-19(11-9-18)26(30)31-23-14-13-21(24(28)25(23)29)17-5-3-2-4-6-17/h2-15H,1H3. The summed E-state index contributed by atoms with van der Waals surface area (Å²) in [4.78, 5) is 12.4. The van der Waals surface area contributed by atoms with E-state index in [0.717, 1.165) is 5.56 Å². The van der Waals surface area contributed by atoms with Crippen LogP contribution in [0.25, 0.3) is 22.3 Å². The monoisotopic (exact) mass is 418 g/mol. The molecule has 4 aromatic rings. The summed E-state index contributed by atoms with van der Waals surface area (Å²) in [6.07, 6.45) is 0. The van der Waals surface area contributed by atoms with Crippen LogP contribution in [0.1, 0.15) is 15.9 Å². The first-order valence-corrected chi connectivity index (χ1v) is 9.56. The molecule has 4 rings (SSSR count). The number of esters is 1. The first-order chi connectivity index (χ1) is 14.9. The highest BCUT2D eigenvalue weighted by atomic mass is 19.2. The van der Waals surface area contributed by atoms with Crippen molar-refractivity contribution in [3.05, 3.63) is 114 Å². The van der Waals surface area contributed by atoms with Crippen molar-refractivity contribution in [1.82, 2.24) is 0 Å². The van der Waals surface area contributed by atoms with Gasteiger partial charge in [-0.05, 0) is 53.9 Å². The molecule has 4 aromatic carbocycles. The first-order valence-electron chi connectivity index (χ1n) is 9.56. The van der Waals surface area contributed by atoms with Crippen molar-refractivity contribution in [2.45, 2.75) is 6.92 Å². The Kier molecular flexibility index (Phi) is 5.58. The Morgan fingerprint density at radius 2 is 1.35 bits per heavy atom. The quantitative estimate of drug-likeness (QED) is 0.264. The largest absolute Gasteiger partial charge is 0.420 e. The lowest BCUT2D eigenvalue weighted by molar-refractivity contribution is 0.0727. The summed E-state index contributed by atoms with van der Waals surface area (Å²) in [5, 5.41) is 0. The lowest BCUT2D eigenvalue weighted by Crippen LogP contribution is -2.10. The number of carbonyl (C=O) groups is 1. The van der Waals surface area contributed by atoms with Crippen molar-refractivity contribution in [2.24, 2.45) is 0 Å². The molecular weight excluding hydrogens is 401 g/mol. The molecule has 0 N–H and O–H groups in total. The van der Waals surface area contributed by atoms with Crippen LogP contribution in [0, 0.1) is 24.4 Å². The van der Waals surface area contributed by atoms with Crippen LogP contribution in [-0.4, -0.2) is 5.97 Å². The summed E-state index contributed by atoms with van der Waals surface area (Å²) in [5.41, 5.74) is 2.49. The van der Waals surface area contributed by atoms with Crippen LogP contribution in [0.2, 0.25) is 0 Å². The highest BCUT2D eigenvalue weighted by Crippen LogP contribution is 2.30. The number of aryl methyl sites for hydroxylation is 1. The summed E-state index contributed by atoms with van der Waals surface area (Å²) in [6, 6.07) is 22.0. The minimum atomic E-state index is -1.24. The van der Waals surface area contributed by atoms with Gasteiger partial charge < -0.3 is 4.74 Å². The molecule has 31 heavy (non-hydrogen) atoms. The van der Waals surface area contributed by atoms with Crippen molar-refractivity contribution >= 4 is 5.97 Å². The third-order valence-corrected chi connectivity index (χ3v) is 4.89. The SMILES string of the molecule is Cc1ccc(-c2ccc(C(=O)Oc3ccc(-c4ccccc4)c(F)c3F)cc2)c(F)c1. The van der Waals surface area contributed by atoms with E-state index in [9.17, 15) is 18.0 Å². The minimum Gasteiger partial charge on any atom is -0.420 e. The predicted molar refractivity (Wildman–Crippen MR) is 113 cm³/mol. The second-order valence-corrected chi connectivity index (χ2v) is 7.06. The zero-order valence-corrected chi connectivity index (χ0v) is 16.5. The Bertz CT molecular complexity index is 1250. The number of rotatable bonds is 4. The Hall–Kier alpha value is -3.86. The van der Waals surface area contributed by atoms with Crippen LogP contribution in [0.5, 0.6) is 5.75 Å². The maximum atomic E-state index is 14.5. The van der Waals surface area contributed by atoms with Crippen LogP contribution in [0.4, 0.5) is 13.2 Å². The second kappa shape index (κ2) is 8.48. The summed E-state index contributed by atoms with van der Waals surface area (Å²) in [5.74, 6) is -4.06. The highest BCUT2D eigenvalue weighted by molar-refractivity contribution is 5.91. The lowest BCUT2D eigenvalue weighted by atomic mass is 10.0. The van der Waals surface area contributed by atoms with Gasteiger partial charge in [-0.3, -0.25) is 0 Å². The Morgan fingerprint density at radius 1 is 0.710 bits per heavy atom. The van der Waals surface area contributed by atoms with Crippen molar-refractivity contribution in [3.63, 3.8) is 0 Å². The van der Waals surface area contributed by atoms with Crippen molar-refractivity contribution in [3.8, 4) is 28.0 Å². The van der Waals surface area contributed by atoms with Gasteiger partial charge in [0.1, 0.15) is 5.82 Å². The van der Waals surface area contributed by atoms with Crippen molar-refractivity contribution in [2.75, 3.05) is 0 Å². The number of carbonyl (C=O) groups excluding carboxylic acids is 1. The van der Waals surface area contributed by atoms with Gasteiger partial charge in [-0.2, -0.15) is 4.39 Å². The topological polar surface area (TPSA) is 26.3 Å². The van der Waals surface area contributed by atoms with Crippen LogP contribution >= 0.6 is 0 Å². The molecule has 0 atom stereocenters. The fourth-order valence-corrected chi connectivity index (χ4v) is 3.25. The van der Waals surface area contributed by atoms with E-state index < -0.39 is 23.4 Å². The van der Waals surface area contributed by atoms with Gasteiger partial charge in [0.25, 0.3) is 0 Å². The van der Waals surface area contributed by atoms with Crippen LogP contribution in [0.15, 0.2) is 84.9 Å². The van der Waals surface area contributed by atoms with Gasteiger partial charge in [-0.1, -0.05) is 54.6 Å². The molecule has 0 aliphatic heterocycles. The summed E-state index contributed by atoms with van der Waals surface area (Å²) < 4.78 is 48.2. The molecule has 154 valence electrons. The van der Waals surface area contributed by atoms with Gasteiger partial charge in [-0.25, -0.2) is 13.6 Å². The molecule has 0 bridgehead atoms. The van der Waals surface area contributed by atoms with Crippen molar-refractivity contribution in [1.29, 1.82) is 0 Å². The van der Waals surface area contributed by atoms with Crippen LogP contribution < -0.4 is 4.74 Å². The smallest absolute Gasteiger partial charge is 0.343 e. The third-order valence-electron chi connectivity index (χ3n) is 4.89. The van der Waals surface area contributed by atoms with Crippen molar-refractivity contribution < 1.29 is 22.7 Å². The summed E-state index contributed by atoms with van der Waals surface area (Å²) in [7, 11) is 0. The van der Waals surface area contributed by atoms with E-state index in [-0.39, 0.29) is 16.9 Å². The molecule has 0 unspecified atom stereocenters. The molecule has 0 aromatic heterocycles. The van der Waals surface area contributed by atoms with Crippen LogP contribution in [0.3, 0.4) is 0 Å². The number of halogens is 3. The average Bonchev–Trinajstić information content (AvgIpc) is 2.78. The number of ether oxygens (including phenoxy) is 1. The van der Waals surface area contributed by atoms with Gasteiger partial charge in [0.15, 0.2) is 11.6 Å². The fourth-order valence-electron chi connectivity index (χ4n) is 3.25. The van der Waals surface area contributed by atoms with E-state index >= 15 is 0 Å². The van der Waals surface area contributed by atoms with Gasteiger partial charge in [0.2, 0.25) is 5.82 Å². The van der Waals surface area contributed by atoms with E-state index in [4.69, 9.17) is 4.74 Å². The molecule has 0 spiro atoms. The predicted octanol–water partition coefficient (Wildman–Crippen LogP) is 6.97. The molecule has 0 saturated carbocycles. The van der Waals surface area contributed by atoms with E-state index in [1.165, 1.54) is 30.3 Å². The molecule has 2 nitrogen and oxygen atoms in total. The van der Waals surface area contributed by atoms with Gasteiger partial charge >= 0.3 is 5.97 Å². The zero-order chi connectivity index (χ0) is 22.0. The van der Waals surface area contributed by atoms with E-state index in [0.29, 0.717) is 16.7 Å². The van der Waals surface area contributed by atoms with Gasteiger partial charge in [-0.15, -0.1) is 0 Å². The van der Waals surface area contributed by atoms with E-state index in [2.05, 4.69) is 0 Å². The highest BCUT2D eigenvalue weighted by Gasteiger charge is 2.19. The maximum absolute atomic E-state index is 14.5. The lowest BCUT2D eigenvalue weighted by Gasteiger charge is -2.10. The molecule has 5 heteroatoms. The molecule has 0 aliphatic rings. The normalized spacial score (nSPS) is 10.7. The Morgan fingerprint density at radius 3 is 2.03 bits per heavy atom. The maximum Gasteiger partial charge on any atom is 0.343 e. The molecule has 0 amide bonds. The molecule has 0 fully saturated rings. The third kappa shape index (κ3) is 4.21. The Labute approximate surface area is 177 Å². The zero-order valence-electron chi connectivity index (χ0n) is 16.5. The Balaban J connectivity index is 1.55.